The number of nitrogens with one attached hydrogen (secondary N) is 1. The zero-order chi connectivity index (χ0) is 24.0. The minimum atomic E-state index is 0.0372. The Kier molecular flexibility index (Phi) is 7.48. The van der Waals surface area contributed by atoms with E-state index in [1.807, 2.05) is 24.4 Å². The molecule has 5 nitrogen and oxygen atoms in total. The second-order valence-electron chi connectivity index (χ2n) is 9.48. The Bertz CT molecular complexity index is 1290. The van der Waals surface area contributed by atoms with Crippen molar-refractivity contribution >= 4 is 28.7 Å². The van der Waals surface area contributed by atoms with Gasteiger partial charge in [0.25, 0.3) is 5.91 Å². The number of carbonyl (C=O) groups excluding carboxylic acids is 1. The number of amides is 1. The predicted molar refractivity (Wildman–Crippen MR) is 143 cm³/mol. The molecule has 4 aromatic rings. The van der Waals surface area contributed by atoms with Gasteiger partial charge in [0.15, 0.2) is 5.16 Å². The number of nitrogens with zero attached hydrogens (tertiary/aromatic N) is 3. The Balaban J connectivity index is 1.31. The summed E-state index contributed by atoms with van der Waals surface area (Å²) in [6.07, 6.45) is 10.8. The Morgan fingerprint density at radius 1 is 1.03 bits per heavy atom. The topological polar surface area (TPSA) is 59.8 Å². The molecule has 2 aromatic heterocycles. The lowest BCUT2D eigenvalue weighted by Gasteiger charge is -2.16. The fourth-order valence-corrected chi connectivity index (χ4v) is 5.75. The van der Waals surface area contributed by atoms with Crippen LogP contribution in [0.3, 0.4) is 0 Å². The third-order valence-corrected chi connectivity index (χ3v) is 7.76. The van der Waals surface area contributed by atoms with Crippen LogP contribution in [0, 0.1) is 6.92 Å². The molecule has 1 saturated carbocycles. The van der Waals surface area contributed by atoms with E-state index in [-0.39, 0.29) is 5.91 Å². The second-order valence-corrected chi connectivity index (χ2v) is 10.4. The molecule has 0 unspecified atom stereocenters. The number of fused-ring (bicyclic) bond motifs is 1. The van der Waals surface area contributed by atoms with Crippen molar-refractivity contribution in [3.8, 4) is 0 Å². The number of imidazole rings is 1. The Hall–Kier alpha value is -3.12. The first-order chi connectivity index (χ1) is 17.2. The molecule has 0 spiro atoms. The molecule has 6 heteroatoms. The number of carbonyl (C=O) groups is 1. The zero-order valence-corrected chi connectivity index (χ0v) is 21.1. The highest BCUT2D eigenvalue weighted by Crippen LogP contribution is 2.28. The highest BCUT2D eigenvalue weighted by atomic mass is 32.2. The van der Waals surface area contributed by atoms with E-state index in [1.165, 1.54) is 36.8 Å². The maximum atomic E-state index is 12.8. The third kappa shape index (κ3) is 5.93. The molecule has 0 aliphatic heterocycles. The van der Waals surface area contributed by atoms with E-state index in [9.17, 15) is 4.79 Å². The number of aryl methyl sites for hydroxylation is 1. The van der Waals surface area contributed by atoms with Crippen LogP contribution in [-0.2, 0) is 12.3 Å². The van der Waals surface area contributed by atoms with Gasteiger partial charge in [-0.15, -0.1) is 0 Å². The van der Waals surface area contributed by atoms with Crippen LogP contribution in [0.4, 0.5) is 0 Å². The summed E-state index contributed by atoms with van der Waals surface area (Å²) in [7, 11) is 0. The van der Waals surface area contributed by atoms with Crippen LogP contribution in [0.25, 0.3) is 11.0 Å². The van der Waals surface area contributed by atoms with Crippen LogP contribution < -0.4 is 5.32 Å². The summed E-state index contributed by atoms with van der Waals surface area (Å²) in [6, 6.07) is 18.9. The minimum absolute atomic E-state index is 0.0372. The monoisotopic (exact) mass is 484 g/mol. The third-order valence-electron chi connectivity index (χ3n) is 6.71. The Morgan fingerprint density at radius 2 is 1.83 bits per heavy atom. The Labute approximate surface area is 211 Å². The average molecular weight is 485 g/mol. The number of benzene rings is 2. The molecule has 0 atom stereocenters. The lowest BCUT2D eigenvalue weighted by Crippen LogP contribution is -2.34. The SMILES string of the molecule is Cc1cccc(CSc2nc3ccncc3n2Cc2ccc(C(=O)NC3CCCCCC3)cc2)c1. The van der Waals surface area contributed by atoms with E-state index in [4.69, 9.17) is 4.98 Å². The van der Waals surface area contributed by atoms with Crippen molar-refractivity contribution in [2.24, 2.45) is 0 Å². The summed E-state index contributed by atoms with van der Waals surface area (Å²) in [4.78, 5) is 22.0. The predicted octanol–water partition coefficient (Wildman–Crippen LogP) is 6.53. The molecular weight excluding hydrogens is 452 g/mol. The lowest BCUT2D eigenvalue weighted by molar-refractivity contribution is 0.0933. The van der Waals surface area contributed by atoms with Gasteiger partial charge in [0.05, 0.1) is 23.8 Å². The van der Waals surface area contributed by atoms with E-state index in [0.717, 1.165) is 45.9 Å². The van der Waals surface area contributed by atoms with E-state index in [1.54, 1.807) is 18.0 Å². The lowest BCUT2D eigenvalue weighted by atomic mass is 10.1. The minimum Gasteiger partial charge on any atom is -0.349 e. The van der Waals surface area contributed by atoms with E-state index < -0.39 is 0 Å². The van der Waals surface area contributed by atoms with E-state index >= 15 is 0 Å². The molecule has 1 fully saturated rings. The number of hydrogen-bond acceptors (Lipinski definition) is 4. The van der Waals surface area contributed by atoms with Crippen molar-refractivity contribution in [1.82, 2.24) is 19.9 Å². The van der Waals surface area contributed by atoms with Crippen molar-refractivity contribution < 1.29 is 4.79 Å². The maximum Gasteiger partial charge on any atom is 0.251 e. The van der Waals surface area contributed by atoms with Crippen LogP contribution in [0.2, 0.25) is 0 Å². The van der Waals surface area contributed by atoms with E-state index in [0.29, 0.717) is 12.6 Å². The molecule has 1 N–H and O–H groups in total. The van der Waals surface area contributed by atoms with Crippen LogP contribution in [0.1, 0.15) is 65.6 Å². The van der Waals surface area contributed by atoms with E-state index in [2.05, 4.69) is 58.2 Å². The van der Waals surface area contributed by atoms with Gasteiger partial charge in [-0.1, -0.05) is 79.4 Å². The van der Waals surface area contributed by atoms with Gasteiger partial charge in [0, 0.05) is 23.6 Å². The van der Waals surface area contributed by atoms with Crippen LogP contribution in [0.5, 0.6) is 0 Å². The van der Waals surface area contributed by atoms with Crippen molar-refractivity contribution in [1.29, 1.82) is 0 Å². The molecule has 1 aliphatic rings. The van der Waals surface area contributed by atoms with Gasteiger partial charge in [0.2, 0.25) is 0 Å². The van der Waals surface area contributed by atoms with Gasteiger partial charge in [-0.2, -0.15) is 0 Å². The molecular formula is C29H32N4OS. The molecule has 2 heterocycles. The molecule has 2 aromatic carbocycles. The number of hydrogen-bond donors (Lipinski definition) is 1. The van der Waals surface area contributed by atoms with Crippen LogP contribution in [0.15, 0.2) is 72.1 Å². The van der Waals surface area contributed by atoms with Gasteiger partial charge >= 0.3 is 0 Å². The fourth-order valence-electron chi connectivity index (χ4n) is 4.80. The van der Waals surface area contributed by atoms with Crippen molar-refractivity contribution in [2.75, 3.05) is 0 Å². The number of pyridine rings is 1. The van der Waals surface area contributed by atoms with Gasteiger partial charge in [0.1, 0.15) is 0 Å². The summed E-state index contributed by atoms with van der Waals surface area (Å²) < 4.78 is 2.23. The molecule has 5 rings (SSSR count). The molecule has 180 valence electrons. The number of aromatic nitrogens is 3. The first-order valence-corrected chi connectivity index (χ1v) is 13.5. The molecule has 35 heavy (non-hydrogen) atoms. The highest BCUT2D eigenvalue weighted by Gasteiger charge is 2.16. The maximum absolute atomic E-state index is 12.8. The number of rotatable bonds is 7. The fraction of sp³-hybridized carbons (Fsp3) is 0.345. The van der Waals surface area contributed by atoms with Gasteiger partial charge in [-0.3, -0.25) is 9.78 Å². The second kappa shape index (κ2) is 11.1. The summed E-state index contributed by atoms with van der Waals surface area (Å²) in [5, 5.41) is 4.22. The van der Waals surface area contributed by atoms with Gasteiger partial charge in [-0.05, 0) is 49.1 Å². The number of thioether (sulfide) groups is 1. The molecule has 0 radical (unpaired) electrons. The van der Waals surface area contributed by atoms with Crippen molar-refractivity contribution in [3.05, 3.63) is 89.2 Å². The van der Waals surface area contributed by atoms with Crippen LogP contribution in [-0.4, -0.2) is 26.5 Å². The summed E-state index contributed by atoms with van der Waals surface area (Å²) >= 11 is 1.74. The van der Waals surface area contributed by atoms with Crippen molar-refractivity contribution in [2.45, 2.75) is 68.9 Å². The van der Waals surface area contributed by atoms with Crippen molar-refractivity contribution in [3.63, 3.8) is 0 Å². The summed E-state index contributed by atoms with van der Waals surface area (Å²) in [5.41, 5.74) is 6.39. The highest BCUT2D eigenvalue weighted by molar-refractivity contribution is 7.98. The van der Waals surface area contributed by atoms with Crippen LogP contribution >= 0.6 is 11.8 Å². The normalized spacial score (nSPS) is 14.7. The first-order valence-electron chi connectivity index (χ1n) is 12.5. The zero-order valence-electron chi connectivity index (χ0n) is 20.2. The summed E-state index contributed by atoms with van der Waals surface area (Å²) in [5.74, 6) is 0.897. The average Bonchev–Trinajstić information content (AvgIpc) is 3.02. The standard InChI is InChI=1S/C29H32N4OS/c1-21-7-6-8-23(17-21)20-35-29-32-26-15-16-30-18-27(26)33(29)19-22-11-13-24(14-12-22)28(34)31-25-9-4-2-3-5-10-25/h6-8,11-18,25H,2-5,9-10,19-20H2,1H3,(H,31,34). The molecule has 0 saturated heterocycles. The van der Waals surface area contributed by atoms with Gasteiger partial charge < -0.3 is 9.88 Å². The van der Waals surface area contributed by atoms with Gasteiger partial charge in [-0.25, -0.2) is 4.98 Å². The Morgan fingerprint density at radius 3 is 2.60 bits per heavy atom. The quantitative estimate of drug-likeness (QED) is 0.239. The molecule has 0 bridgehead atoms. The molecule has 1 amide bonds. The largest absolute Gasteiger partial charge is 0.349 e. The summed E-state index contributed by atoms with van der Waals surface area (Å²) in [6.45, 7) is 2.80. The first kappa shape index (κ1) is 23.6. The smallest absolute Gasteiger partial charge is 0.251 e. The molecule has 1 aliphatic carbocycles.